The van der Waals surface area contributed by atoms with Crippen molar-refractivity contribution in [3.05, 3.63) is 0 Å². The average Bonchev–Trinajstić information content (AvgIpc) is 2.29. The quantitative estimate of drug-likeness (QED) is 0.519. The molecule has 18 heavy (non-hydrogen) atoms. The van der Waals surface area contributed by atoms with Crippen LogP contribution in [0.25, 0.3) is 0 Å². The predicted octanol–water partition coefficient (Wildman–Crippen LogP) is 4.92. The molecule has 0 aromatic rings. The second-order valence-corrected chi connectivity index (χ2v) is 5.64. The van der Waals surface area contributed by atoms with Crippen LogP contribution in [-0.4, -0.2) is 26.4 Å². The maximum Gasteiger partial charge on any atom is 0.0489 e. The maximum absolute atomic E-state index is 5.36. The lowest BCUT2D eigenvalue weighted by atomic mass is 10.2. The third kappa shape index (κ3) is 24.9. The topological polar surface area (TPSA) is 18.5 Å². The van der Waals surface area contributed by atoms with Crippen LogP contribution in [-0.2, 0) is 9.47 Å². The van der Waals surface area contributed by atoms with Gasteiger partial charge in [-0.25, -0.2) is 0 Å². The Morgan fingerprint density at radius 3 is 1.33 bits per heavy atom. The Hall–Kier alpha value is -0.0800. The third-order valence-corrected chi connectivity index (χ3v) is 2.19. The molecule has 0 spiro atoms. The Kier molecular flexibility index (Phi) is 19.0. The van der Waals surface area contributed by atoms with Gasteiger partial charge in [0.2, 0.25) is 0 Å². The highest BCUT2D eigenvalue weighted by Gasteiger charge is 1.95. The van der Waals surface area contributed by atoms with Crippen molar-refractivity contribution >= 4 is 0 Å². The first-order valence-electron chi connectivity index (χ1n) is 7.69. The lowest BCUT2D eigenvalue weighted by Crippen LogP contribution is -2.06. The van der Waals surface area contributed by atoms with Gasteiger partial charge in [0.05, 0.1) is 0 Å². The lowest BCUT2D eigenvalue weighted by molar-refractivity contribution is 0.0886. The van der Waals surface area contributed by atoms with Crippen molar-refractivity contribution in [2.45, 2.75) is 67.2 Å². The van der Waals surface area contributed by atoms with E-state index in [0.717, 1.165) is 26.4 Å². The molecule has 0 aromatic carbocycles. The fourth-order valence-corrected chi connectivity index (χ4v) is 1.13. The summed E-state index contributed by atoms with van der Waals surface area (Å²) in [6.07, 6.45) is 4.91. The molecule has 0 radical (unpaired) electrons. The van der Waals surface area contributed by atoms with Crippen molar-refractivity contribution in [2.75, 3.05) is 26.4 Å². The highest BCUT2D eigenvalue weighted by atomic mass is 16.5. The summed E-state index contributed by atoms with van der Waals surface area (Å²) in [6, 6.07) is 0. The van der Waals surface area contributed by atoms with Crippen LogP contribution in [0.15, 0.2) is 0 Å². The van der Waals surface area contributed by atoms with Gasteiger partial charge in [0.15, 0.2) is 0 Å². The van der Waals surface area contributed by atoms with E-state index in [1.807, 2.05) is 0 Å². The van der Waals surface area contributed by atoms with Crippen LogP contribution in [0.5, 0.6) is 0 Å². The molecule has 0 rings (SSSR count). The number of unbranched alkanes of at least 4 members (excludes halogenated alkanes) is 2. The SMILES string of the molecule is CC(C)COCC(C)C.CCCCOCCCC. The first-order valence-corrected chi connectivity index (χ1v) is 7.69. The van der Waals surface area contributed by atoms with Crippen LogP contribution in [0, 0.1) is 11.8 Å². The monoisotopic (exact) mass is 260 g/mol. The largest absolute Gasteiger partial charge is 0.381 e. The standard InChI is InChI=1S/2C8H18O/c1-7(2)5-9-6-8(3)4;1-3-5-7-9-8-6-4-2/h7-8H,5-6H2,1-4H3;3-8H2,1-2H3. The maximum atomic E-state index is 5.36. The summed E-state index contributed by atoms with van der Waals surface area (Å²) in [7, 11) is 0. The van der Waals surface area contributed by atoms with Crippen molar-refractivity contribution in [1.29, 1.82) is 0 Å². The van der Waals surface area contributed by atoms with Gasteiger partial charge in [0.1, 0.15) is 0 Å². The molecule has 2 heteroatoms. The zero-order valence-electron chi connectivity index (χ0n) is 13.6. The molecule has 0 atom stereocenters. The third-order valence-electron chi connectivity index (χ3n) is 2.19. The van der Waals surface area contributed by atoms with Gasteiger partial charge in [-0.1, -0.05) is 54.4 Å². The molecule has 2 nitrogen and oxygen atoms in total. The fourth-order valence-electron chi connectivity index (χ4n) is 1.13. The molecule has 0 aliphatic rings. The molecule has 0 fully saturated rings. The van der Waals surface area contributed by atoms with Gasteiger partial charge in [0, 0.05) is 26.4 Å². The summed E-state index contributed by atoms with van der Waals surface area (Å²) in [6.45, 7) is 16.7. The molecule has 0 aliphatic carbocycles. The Bertz CT molecular complexity index is 119. The van der Waals surface area contributed by atoms with Gasteiger partial charge in [-0.05, 0) is 24.7 Å². The van der Waals surface area contributed by atoms with E-state index in [0.29, 0.717) is 11.8 Å². The van der Waals surface area contributed by atoms with E-state index in [4.69, 9.17) is 9.47 Å². The molecular weight excluding hydrogens is 224 g/mol. The normalized spacial score (nSPS) is 10.7. The van der Waals surface area contributed by atoms with Crippen LogP contribution >= 0.6 is 0 Å². The summed E-state index contributed by atoms with van der Waals surface area (Å²) < 4.78 is 10.7. The van der Waals surface area contributed by atoms with E-state index in [1.165, 1.54) is 25.7 Å². The Balaban J connectivity index is 0. The highest BCUT2D eigenvalue weighted by Crippen LogP contribution is 1.96. The summed E-state index contributed by atoms with van der Waals surface area (Å²) in [5, 5.41) is 0. The van der Waals surface area contributed by atoms with Crippen molar-refractivity contribution < 1.29 is 9.47 Å². The van der Waals surface area contributed by atoms with Gasteiger partial charge in [-0.15, -0.1) is 0 Å². The molecule has 112 valence electrons. The van der Waals surface area contributed by atoms with Crippen LogP contribution in [0.1, 0.15) is 67.2 Å². The minimum Gasteiger partial charge on any atom is -0.381 e. The Labute approximate surface area is 115 Å². The highest BCUT2D eigenvalue weighted by molar-refractivity contribution is 4.42. The fraction of sp³-hybridized carbons (Fsp3) is 1.00. The average molecular weight is 260 g/mol. The summed E-state index contributed by atoms with van der Waals surface area (Å²) in [4.78, 5) is 0. The van der Waals surface area contributed by atoms with E-state index >= 15 is 0 Å². The van der Waals surface area contributed by atoms with Gasteiger partial charge in [-0.2, -0.15) is 0 Å². The van der Waals surface area contributed by atoms with E-state index < -0.39 is 0 Å². The summed E-state index contributed by atoms with van der Waals surface area (Å²) in [5.74, 6) is 1.34. The van der Waals surface area contributed by atoms with Crippen LogP contribution < -0.4 is 0 Å². The van der Waals surface area contributed by atoms with E-state index in [1.54, 1.807) is 0 Å². The molecule has 0 saturated heterocycles. The molecule has 0 heterocycles. The number of rotatable bonds is 10. The smallest absolute Gasteiger partial charge is 0.0489 e. The molecule has 0 saturated carbocycles. The summed E-state index contributed by atoms with van der Waals surface area (Å²) in [5.41, 5.74) is 0. The predicted molar refractivity (Wildman–Crippen MR) is 81.1 cm³/mol. The van der Waals surface area contributed by atoms with Crippen LogP contribution in [0.2, 0.25) is 0 Å². The molecule has 0 aliphatic heterocycles. The van der Waals surface area contributed by atoms with Gasteiger partial charge < -0.3 is 9.47 Å². The lowest BCUT2D eigenvalue weighted by Gasteiger charge is -2.07. The number of ether oxygens (including phenoxy) is 2. The van der Waals surface area contributed by atoms with Gasteiger partial charge >= 0.3 is 0 Å². The molecule has 0 N–H and O–H groups in total. The minimum atomic E-state index is 0.670. The molecule has 0 aromatic heterocycles. The molecule has 0 bridgehead atoms. The Morgan fingerprint density at radius 2 is 1.06 bits per heavy atom. The van der Waals surface area contributed by atoms with Crippen molar-refractivity contribution in [3.8, 4) is 0 Å². The van der Waals surface area contributed by atoms with E-state index in [2.05, 4.69) is 41.5 Å². The van der Waals surface area contributed by atoms with E-state index in [9.17, 15) is 0 Å². The Morgan fingerprint density at radius 1 is 0.667 bits per heavy atom. The zero-order valence-corrected chi connectivity index (χ0v) is 13.6. The van der Waals surface area contributed by atoms with E-state index in [-0.39, 0.29) is 0 Å². The first-order chi connectivity index (χ1) is 8.54. The second kappa shape index (κ2) is 16.9. The zero-order chi connectivity index (χ0) is 14.2. The number of hydrogen-bond acceptors (Lipinski definition) is 2. The van der Waals surface area contributed by atoms with Crippen molar-refractivity contribution in [1.82, 2.24) is 0 Å². The van der Waals surface area contributed by atoms with Crippen LogP contribution in [0.4, 0.5) is 0 Å². The molecule has 0 unspecified atom stereocenters. The van der Waals surface area contributed by atoms with Crippen molar-refractivity contribution in [3.63, 3.8) is 0 Å². The number of hydrogen-bond donors (Lipinski definition) is 0. The molecule has 0 amide bonds. The van der Waals surface area contributed by atoms with Crippen molar-refractivity contribution in [2.24, 2.45) is 11.8 Å². The molecular formula is C16H36O2. The van der Waals surface area contributed by atoms with Crippen LogP contribution in [0.3, 0.4) is 0 Å². The van der Waals surface area contributed by atoms with Gasteiger partial charge in [-0.3, -0.25) is 0 Å². The second-order valence-electron chi connectivity index (χ2n) is 5.64. The summed E-state index contributed by atoms with van der Waals surface area (Å²) >= 11 is 0. The minimum absolute atomic E-state index is 0.670. The van der Waals surface area contributed by atoms with Gasteiger partial charge in [0.25, 0.3) is 0 Å². The first kappa shape index (κ1) is 20.2.